The van der Waals surface area contributed by atoms with E-state index in [1.54, 1.807) is 32.6 Å². The number of guanidine groups is 1. The molecule has 0 aliphatic rings. The fourth-order valence-electron chi connectivity index (χ4n) is 2.71. The van der Waals surface area contributed by atoms with Crippen LogP contribution in [0.5, 0.6) is 5.75 Å². The van der Waals surface area contributed by atoms with E-state index < -0.39 is 0 Å². The Kier molecular flexibility index (Phi) is 11.4. The van der Waals surface area contributed by atoms with Gasteiger partial charge in [0.1, 0.15) is 16.9 Å². The molecule has 0 bridgehead atoms. The Morgan fingerprint density at radius 3 is 2.82 bits per heavy atom. The van der Waals surface area contributed by atoms with Gasteiger partial charge in [-0.15, -0.1) is 35.3 Å². The van der Waals surface area contributed by atoms with Crippen molar-refractivity contribution in [3.63, 3.8) is 0 Å². The predicted octanol–water partition coefficient (Wildman–Crippen LogP) is 4.12. The van der Waals surface area contributed by atoms with Crippen LogP contribution in [-0.2, 0) is 17.7 Å². The molecule has 6 nitrogen and oxygen atoms in total. The number of benzene rings is 1. The summed E-state index contributed by atoms with van der Waals surface area (Å²) in [5.74, 6) is 1.77. The highest BCUT2D eigenvalue weighted by molar-refractivity contribution is 14.0. The molecular weight excluding hydrogens is 487 g/mol. The highest BCUT2D eigenvalue weighted by Crippen LogP contribution is 2.21. The molecule has 0 radical (unpaired) electrons. The zero-order valence-electron chi connectivity index (χ0n) is 17.3. The van der Waals surface area contributed by atoms with Gasteiger partial charge >= 0.3 is 0 Å². The minimum Gasteiger partial charge on any atom is -0.497 e. The summed E-state index contributed by atoms with van der Waals surface area (Å²) in [6.07, 6.45) is 2.05. The minimum atomic E-state index is 0. The van der Waals surface area contributed by atoms with Crippen molar-refractivity contribution in [2.24, 2.45) is 4.99 Å². The summed E-state index contributed by atoms with van der Waals surface area (Å²) >= 11 is 1.63. The van der Waals surface area contributed by atoms with Crippen LogP contribution >= 0.6 is 35.3 Å². The fourth-order valence-corrected chi connectivity index (χ4v) is 3.55. The monoisotopic (exact) mass is 518 g/mol. The lowest BCUT2D eigenvalue weighted by molar-refractivity contribution is 0.119. The van der Waals surface area contributed by atoms with Crippen LogP contribution in [0.25, 0.3) is 0 Å². The maximum atomic E-state index is 5.33. The smallest absolute Gasteiger partial charge is 0.193 e. The van der Waals surface area contributed by atoms with E-state index >= 15 is 0 Å². The van der Waals surface area contributed by atoms with Crippen LogP contribution in [0.1, 0.15) is 35.7 Å². The maximum Gasteiger partial charge on any atom is 0.193 e. The summed E-state index contributed by atoms with van der Waals surface area (Å²) < 4.78 is 10.6. The fraction of sp³-hybridized carbons (Fsp3) is 0.500. The number of halogens is 1. The second-order valence-electron chi connectivity index (χ2n) is 6.34. The van der Waals surface area contributed by atoms with Crippen molar-refractivity contribution >= 4 is 41.3 Å². The van der Waals surface area contributed by atoms with E-state index in [4.69, 9.17) is 9.47 Å². The topological polar surface area (TPSA) is 59.0 Å². The van der Waals surface area contributed by atoms with Crippen molar-refractivity contribution in [2.75, 3.05) is 34.9 Å². The molecule has 1 N–H and O–H groups in total. The standard InChI is InChI=1S/C20H30N4O2S.HI/c1-15(25-4)19-23-17(14-27-19)13-24(3)20(21-2)22-11-7-9-16-8-6-10-18(12-16)26-5;/h6,8,10,12,14-15H,7,9,11,13H2,1-5H3,(H,21,22);1H. The second kappa shape index (κ2) is 12.9. The average molecular weight is 518 g/mol. The molecule has 0 spiro atoms. The van der Waals surface area contributed by atoms with E-state index in [1.807, 2.05) is 26.1 Å². The lowest BCUT2D eigenvalue weighted by atomic mass is 10.1. The van der Waals surface area contributed by atoms with Gasteiger partial charge < -0.3 is 19.7 Å². The molecule has 2 rings (SSSR count). The van der Waals surface area contributed by atoms with Crippen LogP contribution in [0.3, 0.4) is 0 Å². The van der Waals surface area contributed by atoms with E-state index in [0.717, 1.165) is 41.8 Å². The molecule has 0 saturated carbocycles. The average Bonchev–Trinajstić information content (AvgIpc) is 3.15. The Morgan fingerprint density at radius 1 is 1.36 bits per heavy atom. The van der Waals surface area contributed by atoms with Gasteiger partial charge in [-0.25, -0.2) is 4.98 Å². The number of hydrogen-bond donors (Lipinski definition) is 1. The molecular formula is C20H31IN4O2S. The van der Waals surface area contributed by atoms with Crippen molar-refractivity contribution in [2.45, 2.75) is 32.4 Å². The number of nitrogens with one attached hydrogen (secondary N) is 1. The van der Waals surface area contributed by atoms with Gasteiger partial charge in [0, 0.05) is 33.1 Å². The number of hydrogen-bond acceptors (Lipinski definition) is 5. The van der Waals surface area contributed by atoms with Crippen molar-refractivity contribution in [1.82, 2.24) is 15.2 Å². The zero-order valence-corrected chi connectivity index (χ0v) is 20.4. The molecule has 0 saturated heterocycles. The van der Waals surface area contributed by atoms with E-state index in [1.165, 1.54) is 5.56 Å². The third-order valence-electron chi connectivity index (χ3n) is 4.30. The molecule has 1 atom stereocenters. The number of aliphatic imine (C=N–C) groups is 1. The zero-order chi connectivity index (χ0) is 19.6. The largest absolute Gasteiger partial charge is 0.497 e. The number of aryl methyl sites for hydroxylation is 1. The highest BCUT2D eigenvalue weighted by atomic mass is 127. The highest BCUT2D eigenvalue weighted by Gasteiger charge is 2.12. The number of thiazole rings is 1. The summed E-state index contributed by atoms with van der Waals surface area (Å²) in [7, 11) is 7.23. The Hall–Kier alpha value is -1.39. The van der Waals surface area contributed by atoms with E-state index in [0.29, 0.717) is 6.54 Å². The van der Waals surface area contributed by atoms with Crippen LogP contribution in [0.4, 0.5) is 0 Å². The minimum absolute atomic E-state index is 0. The molecule has 0 amide bonds. The molecule has 0 aliphatic carbocycles. The predicted molar refractivity (Wildman–Crippen MR) is 127 cm³/mol. The summed E-state index contributed by atoms with van der Waals surface area (Å²) in [6.45, 7) is 3.58. The molecule has 1 unspecified atom stereocenters. The van der Waals surface area contributed by atoms with Gasteiger partial charge in [0.15, 0.2) is 5.96 Å². The molecule has 28 heavy (non-hydrogen) atoms. The van der Waals surface area contributed by atoms with Gasteiger partial charge in [0.25, 0.3) is 0 Å². The Morgan fingerprint density at radius 2 is 2.14 bits per heavy atom. The Balaban J connectivity index is 0.00000392. The van der Waals surface area contributed by atoms with Crippen LogP contribution in [0.15, 0.2) is 34.6 Å². The number of ether oxygens (including phenoxy) is 2. The van der Waals surface area contributed by atoms with Crippen LogP contribution in [-0.4, -0.2) is 50.7 Å². The third-order valence-corrected chi connectivity index (χ3v) is 5.36. The molecule has 156 valence electrons. The summed E-state index contributed by atoms with van der Waals surface area (Å²) in [5.41, 5.74) is 2.31. The van der Waals surface area contributed by atoms with Crippen molar-refractivity contribution in [3.8, 4) is 5.75 Å². The van der Waals surface area contributed by atoms with Gasteiger partial charge in [0.05, 0.1) is 19.3 Å². The normalized spacial score (nSPS) is 12.2. The molecule has 1 aromatic carbocycles. The van der Waals surface area contributed by atoms with Gasteiger partial charge in [-0.3, -0.25) is 4.99 Å². The van der Waals surface area contributed by atoms with E-state index in [-0.39, 0.29) is 30.1 Å². The van der Waals surface area contributed by atoms with Crippen molar-refractivity contribution < 1.29 is 9.47 Å². The first-order valence-electron chi connectivity index (χ1n) is 9.09. The van der Waals surface area contributed by atoms with E-state index in [9.17, 15) is 0 Å². The summed E-state index contributed by atoms with van der Waals surface area (Å²) in [6, 6.07) is 8.21. The van der Waals surface area contributed by atoms with Crippen molar-refractivity contribution in [1.29, 1.82) is 0 Å². The maximum absolute atomic E-state index is 5.33. The van der Waals surface area contributed by atoms with Gasteiger partial charge in [0.2, 0.25) is 0 Å². The third kappa shape index (κ3) is 7.56. The quantitative estimate of drug-likeness (QED) is 0.234. The van der Waals surface area contributed by atoms with Gasteiger partial charge in [-0.1, -0.05) is 12.1 Å². The van der Waals surface area contributed by atoms with E-state index in [2.05, 4.69) is 37.7 Å². The first-order chi connectivity index (χ1) is 13.1. The lowest BCUT2D eigenvalue weighted by Crippen LogP contribution is -2.39. The number of methoxy groups -OCH3 is 2. The molecule has 1 aromatic heterocycles. The molecule has 8 heteroatoms. The summed E-state index contributed by atoms with van der Waals surface area (Å²) in [4.78, 5) is 11.1. The first-order valence-corrected chi connectivity index (χ1v) is 9.97. The van der Waals surface area contributed by atoms with Crippen LogP contribution < -0.4 is 10.1 Å². The van der Waals surface area contributed by atoms with Crippen LogP contribution in [0, 0.1) is 0 Å². The second-order valence-corrected chi connectivity index (χ2v) is 7.23. The SMILES string of the molecule is CN=C(NCCCc1cccc(OC)c1)N(C)Cc1csc(C(C)OC)n1.I. The first kappa shape index (κ1) is 24.6. The number of rotatable bonds is 9. The van der Waals surface area contributed by atoms with Crippen LogP contribution in [0.2, 0.25) is 0 Å². The Labute approximate surface area is 189 Å². The molecule has 1 heterocycles. The van der Waals surface area contributed by atoms with Gasteiger partial charge in [-0.05, 0) is 37.5 Å². The number of nitrogens with zero attached hydrogens (tertiary/aromatic N) is 3. The Bertz CT molecular complexity index is 739. The van der Waals surface area contributed by atoms with Crippen molar-refractivity contribution in [3.05, 3.63) is 45.9 Å². The molecule has 2 aromatic rings. The van der Waals surface area contributed by atoms with Gasteiger partial charge in [-0.2, -0.15) is 0 Å². The lowest BCUT2D eigenvalue weighted by Gasteiger charge is -2.21. The molecule has 0 aliphatic heterocycles. The summed E-state index contributed by atoms with van der Waals surface area (Å²) in [5, 5.41) is 6.51. The number of aromatic nitrogens is 1. The molecule has 0 fully saturated rings.